The van der Waals surface area contributed by atoms with E-state index >= 15 is 0 Å². The zero-order chi connectivity index (χ0) is 17.7. The molecule has 1 aliphatic heterocycles. The van der Waals surface area contributed by atoms with Gasteiger partial charge in [0, 0.05) is 0 Å². The molecule has 1 aromatic carbocycles. The predicted molar refractivity (Wildman–Crippen MR) is 111 cm³/mol. The summed E-state index contributed by atoms with van der Waals surface area (Å²) in [7, 11) is 0. The van der Waals surface area contributed by atoms with E-state index in [1.54, 1.807) is 4.35 Å². The predicted octanol–water partition coefficient (Wildman–Crippen LogP) is 5.01. The van der Waals surface area contributed by atoms with Crippen molar-refractivity contribution in [3.8, 4) is 5.75 Å². The second kappa shape index (κ2) is 12.8. The molecule has 0 unspecified atom stereocenters. The molecule has 1 aliphatic rings. The number of ether oxygens (including phenoxy) is 1. The number of aryl methyl sites for hydroxylation is 1. The molecular formula is C22H37AsNO. The van der Waals surface area contributed by atoms with Crippen molar-refractivity contribution in [2.75, 3.05) is 13.1 Å². The van der Waals surface area contributed by atoms with Crippen LogP contribution in [0.1, 0.15) is 76.7 Å². The quantitative estimate of drug-likeness (QED) is 0.389. The van der Waals surface area contributed by atoms with E-state index in [2.05, 4.69) is 37.4 Å². The molecule has 0 bridgehead atoms. The van der Waals surface area contributed by atoms with Gasteiger partial charge in [-0.05, 0) is 0 Å². The van der Waals surface area contributed by atoms with Gasteiger partial charge in [0.15, 0.2) is 0 Å². The van der Waals surface area contributed by atoms with Crippen molar-refractivity contribution < 1.29 is 4.74 Å². The van der Waals surface area contributed by atoms with Crippen LogP contribution >= 0.6 is 0 Å². The molecule has 3 heteroatoms. The first-order chi connectivity index (χ1) is 12.3. The van der Waals surface area contributed by atoms with Crippen LogP contribution in [0.2, 0.25) is 5.21 Å². The van der Waals surface area contributed by atoms with Gasteiger partial charge >= 0.3 is 162 Å². The summed E-state index contributed by atoms with van der Waals surface area (Å²) in [4.78, 5) is 0. The van der Waals surface area contributed by atoms with Crippen LogP contribution in [0.3, 0.4) is 0 Å². The Bertz CT molecular complexity index is 471. The summed E-state index contributed by atoms with van der Waals surface area (Å²) >= 11 is 0.328. The first kappa shape index (κ1) is 20.8. The van der Waals surface area contributed by atoms with E-state index < -0.39 is 0 Å². The molecule has 1 radical (unpaired) electrons. The number of hydrogen-bond acceptors (Lipinski definition) is 2. The van der Waals surface area contributed by atoms with Gasteiger partial charge in [-0.15, -0.1) is 0 Å². The van der Waals surface area contributed by atoms with Crippen LogP contribution in [0.25, 0.3) is 0 Å². The molecule has 1 aromatic rings. The maximum absolute atomic E-state index is 6.16. The molecule has 0 amide bonds. The van der Waals surface area contributed by atoms with E-state index in [0.717, 1.165) is 31.7 Å². The van der Waals surface area contributed by atoms with Gasteiger partial charge in [-0.1, -0.05) is 0 Å². The SMILES string of the molecule is CCCCCCCCCC[As]c1ccc(OC2CCNCC2)cc1C. The maximum atomic E-state index is 6.16. The Hall–Kier alpha value is -0.462. The Balaban J connectivity index is 1.60. The second-order valence-corrected chi connectivity index (χ2v) is 9.98. The van der Waals surface area contributed by atoms with E-state index in [9.17, 15) is 0 Å². The summed E-state index contributed by atoms with van der Waals surface area (Å²) < 4.78 is 7.75. The summed E-state index contributed by atoms with van der Waals surface area (Å²) in [5.74, 6) is 1.07. The molecule has 2 nitrogen and oxygen atoms in total. The fraction of sp³-hybridized carbons (Fsp3) is 0.727. The van der Waals surface area contributed by atoms with Crippen LogP contribution in [0.15, 0.2) is 18.2 Å². The van der Waals surface area contributed by atoms with Crippen molar-refractivity contribution >= 4 is 20.1 Å². The Labute approximate surface area is 162 Å². The Morgan fingerprint density at radius 3 is 2.36 bits per heavy atom. The fourth-order valence-corrected chi connectivity index (χ4v) is 5.77. The second-order valence-electron chi connectivity index (χ2n) is 7.37. The van der Waals surface area contributed by atoms with E-state index in [0.29, 0.717) is 21.9 Å². The normalized spacial score (nSPS) is 15.9. The first-order valence-electron chi connectivity index (χ1n) is 10.4. The van der Waals surface area contributed by atoms with E-state index in [-0.39, 0.29) is 0 Å². The van der Waals surface area contributed by atoms with Gasteiger partial charge < -0.3 is 0 Å². The van der Waals surface area contributed by atoms with Gasteiger partial charge in [0.1, 0.15) is 0 Å². The average Bonchev–Trinajstić information content (AvgIpc) is 2.63. The van der Waals surface area contributed by atoms with Gasteiger partial charge in [0.2, 0.25) is 0 Å². The zero-order valence-corrected chi connectivity index (χ0v) is 18.2. The topological polar surface area (TPSA) is 21.3 Å². The van der Waals surface area contributed by atoms with Crippen molar-refractivity contribution in [2.24, 2.45) is 0 Å². The molecule has 141 valence electrons. The third-order valence-corrected chi connectivity index (χ3v) is 7.95. The summed E-state index contributed by atoms with van der Waals surface area (Å²) in [5.41, 5.74) is 1.44. The number of rotatable bonds is 12. The number of piperidine rings is 1. The molecule has 0 saturated carbocycles. The van der Waals surface area contributed by atoms with Gasteiger partial charge in [-0.2, -0.15) is 0 Å². The van der Waals surface area contributed by atoms with Crippen LogP contribution in [0.5, 0.6) is 5.75 Å². The molecule has 1 fully saturated rings. The van der Waals surface area contributed by atoms with Crippen molar-refractivity contribution in [3.05, 3.63) is 23.8 Å². The molecular weight excluding hydrogens is 369 g/mol. The van der Waals surface area contributed by atoms with Gasteiger partial charge in [-0.25, -0.2) is 0 Å². The molecule has 1 N–H and O–H groups in total. The molecule has 2 rings (SSSR count). The molecule has 0 atom stereocenters. The van der Waals surface area contributed by atoms with Crippen LogP contribution in [0, 0.1) is 6.92 Å². The number of unbranched alkanes of at least 4 members (excludes halogenated alkanes) is 7. The van der Waals surface area contributed by atoms with Crippen LogP contribution in [-0.4, -0.2) is 34.9 Å². The van der Waals surface area contributed by atoms with Crippen molar-refractivity contribution in [1.29, 1.82) is 0 Å². The third kappa shape index (κ3) is 8.65. The third-order valence-electron chi connectivity index (χ3n) is 5.05. The molecule has 1 heterocycles. The van der Waals surface area contributed by atoms with Crippen LogP contribution in [0.4, 0.5) is 0 Å². The number of benzene rings is 1. The summed E-state index contributed by atoms with van der Waals surface area (Å²) in [5, 5.41) is 4.81. The van der Waals surface area contributed by atoms with Crippen LogP contribution in [-0.2, 0) is 0 Å². The monoisotopic (exact) mass is 406 g/mol. The molecule has 0 spiro atoms. The molecule has 0 aromatic heterocycles. The minimum absolute atomic E-state index is 0.328. The van der Waals surface area contributed by atoms with Gasteiger partial charge in [0.25, 0.3) is 0 Å². The molecule has 25 heavy (non-hydrogen) atoms. The van der Waals surface area contributed by atoms with Gasteiger partial charge in [0.05, 0.1) is 0 Å². The Morgan fingerprint density at radius 2 is 1.68 bits per heavy atom. The average molecular weight is 406 g/mol. The van der Waals surface area contributed by atoms with Gasteiger partial charge in [-0.3, -0.25) is 0 Å². The Kier molecular flexibility index (Phi) is 10.7. The Morgan fingerprint density at radius 1 is 1.00 bits per heavy atom. The number of nitrogens with one attached hydrogen (secondary N) is 1. The molecule has 1 saturated heterocycles. The minimum atomic E-state index is 0.328. The van der Waals surface area contributed by atoms with E-state index in [1.807, 2.05) is 0 Å². The zero-order valence-electron chi connectivity index (χ0n) is 16.4. The summed E-state index contributed by atoms with van der Waals surface area (Å²) in [6, 6.07) is 6.80. The number of hydrogen-bond donors (Lipinski definition) is 1. The van der Waals surface area contributed by atoms with Crippen molar-refractivity contribution in [3.63, 3.8) is 0 Å². The molecule has 0 aliphatic carbocycles. The standard InChI is InChI=1S/C22H37AsNO/c1-3-4-5-6-7-8-9-10-15-23-22-12-11-21(18-19(22)2)25-20-13-16-24-17-14-20/h11-12,18,20,24H,3-10,13-17H2,1-2H3. The van der Waals surface area contributed by atoms with E-state index in [1.165, 1.54) is 62.1 Å². The summed E-state index contributed by atoms with van der Waals surface area (Å²) in [6.07, 6.45) is 14.0. The van der Waals surface area contributed by atoms with Crippen molar-refractivity contribution in [2.45, 2.75) is 89.4 Å². The van der Waals surface area contributed by atoms with E-state index in [4.69, 9.17) is 4.74 Å². The fourth-order valence-electron chi connectivity index (χ4n) is 3.43. The van der Waals surface area contributed by atoms with Crippen molar-refractivity contribution in [1.82, 2.24) is 5.32 Å². The summed E-state index contributed by atoms with van der Waals surface area (Å²) in [6.45, 7) is 6.72. The first-order valence-corrected chi connectivity index (χ1v) is 12.7. The van der Waals surface area contributed by atoms with Crippen LogP contribution < -0.4 is 14.4 Å².